The molecule has 42 valence electrons. The van der Waals surface area contributed by atoms with E-state index in [9.17, 15) is 3.52 Å². The van der Waals surface area contributed by atoms with Crippen LogP contribution >= 0.6 is 0 Å². The molecule has 0 fully saturated rings. The maximum absolute atomic E-state index is 9.42. The van der Waals surface area contributed by atoms with Crippen molar-refractivity contribution in [3.05, 3.63) is 0 Å². The molecule has 0 aromatic heterocycles. The zero-order valence-electron chi connectivity index (χ0n) is 3.24. The normalized spacial score (nSPS) is 9.29. The van der Waals surface area contributed by atoms with E-state index >= 15 is 0 Å². The molecule has 0 aromatic rings. The molecule has 0 saturated carbocycles. The Morgan fingerprint density at radius 3 is 1.00 bits per heavy atom. The number of rotatable bonds is 0. The standard InChI is InChI=1S/Al.FH.H4O4Si/c;;1-5(2,3)4/h;1H;1-4H/q+1;;/p-1. The van der Waals surface area contributed by atoms with E-state index in [0.29, 0.717) is 0 Å². The van der Waals surface area contributed by atoms with Crippen LogP contribution in [-0.2, 0) is 0 Å². The largest absolute Gasteiger partial charge is 0.668 e. The molecule has 0 heterocycles. The van der Waals surface area contributed by atoms with Gasteiger partial charge in [0.25, 0.3) is 0 Å². The predicted molar refractivity (Wildman–Crippen MR) is 21.5 cm³/mol. The second-order valence-corrected chi connectivity index (χ2v) is 1.80. The van der Waals surface area contributed by atoms with E-state index in [2.05, 4.69) is 0 Å². The van der Waals surface area contributed by atoms with Gasteiger partial charge in [0.1, 0.15) is 0 Å². The fraction of sp³-hybridized carbons (Fsp3) is 0. The molecular formula is H4AlFO4Si. The summed E-state index contributed by atoms with van der Waals surface area (Å²) in [5.41, 5.74) is 0. The van der Waals surface area contributed by atoms with Gasteiger partial charge in [0.15, 0.2) is 0 Å². The quantitative estimate of drug-likeness (QED) is 0.280. The van der Waals surface area contributed by atoms with Gasteiger partial charge < -0.3 is 22.7 Å². The summed E-state index contributed by atoms with van der Waals surface area (Å²) >= 11 is 0.917. The van der Waals surface area contributed by atoms with Crippen LogP contribution in [0.3, 0.4) is 0 Å². The summed E-state index contributed by atoms with van der Waals surface area (Å²) in [6.07, 6.45) is 0. The van der Waals surface area contributed by atoms with E-state index in [4.69, 9.17) is 19.2 Å². The highest BCUT2D eigenvalue weighted by Gasteiger charge is 2.22. The highest BCUT2D eigenvalue weighted by atomic mass is 28.4. The molecule has 0 bridgehead atoms. The fourth-order valence-corrected chi connectivity index (χ4v) is 0. The van der Waals surface area contributed by atoms with Gasteiger partial charge in [-0.15, -0.1) is 0 Å². The van der Waals surface area contributed by atoms with Gasteiger partial charge in [0.2, 0.25) is 0 Å². The maximum atomic E-state index is 9.42. The monoisotopic (exact) mass is 142 g/mol. The first-order valence-electron chi connectivity index (χ1n) is 1.11. The van der Waals surface area contributed by atoms with Crippen molar-refractivity contribution in [2.45, 2.75) is 0 Å². The third-order valence-electron chi connectivity index (χ3n) is 0. The molecule has 0 saturated heterocycles. The molecule has 0 rings (SSSR count). The van der Waals surface area contributed by atoms with Crippen molar-refractivity contribution in [2.24, 2.45) is 0 Å². The third-order valence-corrected chi connectivity index (χ3v) is 0. The highest BCUT2D eigenvalue weighted by molar-refractivity contribution is 6.46. The molecule has 0 aliphatic heterocycles. The molecule has 0 unspecified atom stereocenters. The Labute approximate surface area is 49.2 Å². The van der Waals surface area contributed by atoms with Crippen LogP contribution in [-0.4, -0.2) is 45.0 Å². The SMILES string of the molecule is O[Si](O)(O)O.[F][Al]. The van der Waals surface area contributed by atoms with E-state index in [0.717, 1.165) is 16.7 Å². The Morgan fingerprint density at radius 1 is 1.00 bits per heavy atom. The average molecular weight is 142 g/mol. The first-order valence-corrected chi connectivity index (χ1v) is 3.34. The van der Waals surface area contributed by atoms with Gasteiger partial charge in [-0.1, -0.05) is 0 Å². The molecule has 2 radical (unpaired) electrons. The highest BCUT2D eigenvalue weighted by Crippen LogP contribution is 1.67. The topological polar surface area (TPSA) is 80.9 Å². The molecule has 0 aliphatic carbocycles. The Hall–Kier alpha value is 0.519. The van der Waals surface area contributed by atoms with Gasteiger partial charge in [-0.3, -0.25) is 0 Å². The molecule has 4 N–H and O–H groups in total. The van der Waals surface area contributed by atoms with E-state index in [1.165, 1.54) is 0 Å². The van der Waals surface area contributed by atoms with E-state index in [-0.39, 0.29) is 0 Å². The van der Waals surface area contributed by atoms with Crippen molar-refractivity contribution in [1.82, 2.24) is 0 Å². The molecule has 4 nitrogen and oxygen atoms in total. The van der Waals surface area contributed by atoms with E-state index in [1.54, 1.807) is 0 Å². The lowest BCUT2D eigenvalue weighted by molar-refractivity contribution is 0.117. The van der Waals surface area contributed by atoms with Crippen molar-refractivity contribution >= 4 is 25.8 Å². The lowest BCUT2D eigenvalue weighted by Crippen LogP contribution is -2.33. The van der Waals surface area contributed by atoms with Crippen LogP contribution in [0.5, 0.6) is 0 Å². The first kappa shape index (κ1) is 10.5. The Kier molecular flexibility index (Phi) is 7.00. The van der Waals surface area contributed by atoms with Crippen molar-refractivity contribution in [1.29, 1.82) is 0 Å². The minimum atomic E-state index is -4.61. The summed E-state index contributed by atoms with van der Waals surface area (Å²) in [4.78, 5) is 29.3. The van der Waals surface area contributed by atoms with Crippen LogP contribution in [0.15, 0.2) is 0 Å². The summed E-state index contributed by atoms with van der Waals surface area (Å²) in [5.74, 6) is 0. The summed E-state index contributed by atoms with van der Waals surface area (Å²) in [6.45, 7) is 0. The Balaban J connectivity index is 0. The van der Waals surface area contributed by atoms with Crippen molar-refractivity contribution < 1.29 is 22.7 Å². The summed E-state index contributed by atoms with van der Waals surface area (Å²) < 4.78 is 9.42. The average Bonchev–Trinajstić information content (AvgIpc) is 1.36. The van der Waals surface area contributed by atoms with Crippen molar-refractivity contribution in [3.63, 3.8) is 0 Å². The smallest absolute Gasteiger partial charge is 0.447 e. The zero-order valence-corrected chi connectivity index (χ0v) is 5.40. The predicted octanol–water partition coefficient (Wildman–Crippen LogP) is -2.57. The molecule has 7 heavy (non-hydrogen) atoms. The minimum absolute atomic E-state index is 0.917. The van der Waals surface area contributed by atoms with Gasteiger partial charge >= 0.3 is 25.8 Å². The summed E-state index contributed by atoms with van der Waals surface area (Å²) in [6, 6.07) is 0. The van der Waals surface area contributed by atoms with E-state index < -0.39 is 9.05 Å². The maximum Gasteiger partial charge on any atom is 0.668 e. The Bertz CT molecular complexity index is 27.2. The second kappa shape index (κ2) is 4.67. The van der Waals surface area contributed by atoms with Gasteiger partial charge in [0.05, 0.1) is 0 Å². The fourth-order valence-electron chi connectivity index (χ4n) is 0. The number of hydrogen-bond donors (Lipinski definition) is 4. The van der Waals surface area contributed by atoms with Crippen molar-refractivity contribution in [2.75, 3.05) is 0 Å². The lowest BCUT2D eigenvalue weighted by Gasteiger charge is -1.91. The van der Waals surface area contributed by atoms with Crippen LogP contribution in [0.4, 0.5) is 3.52 Å². The van der Waals surface area contributed by atoms with Crippen LogP contribution in [0.25, 0.3) is 0 Å². The number of hydrogen-bond acceptors (Lipinski definition) is 4. The van der Waals surface area contributed by atoms with Crippen LogP contribution in [0.1, 0.15) is 0 Å². The van der Waals surface area contributed by atoms with Crippen molar-refractivity contribution in [3.8, 4) is 0 Å². The summed E-state index contributed by atoms with van der Waals surface area (Å²) in [7, 11) is -4.61. The van der Waals surface area contributed by atoms with Crippen LogP contribution in [0, 0.1) is 0 Å². The second-order valence-electron chi connectivity index (χ2n) is 0.600. The summed E-state index contributed by atoms with van der Waals surface area (Å²) in [5, 5.41) is 0. The molecular weight excluding hydrogens is 138 g/mol. The van der Waals surface area contributed by atoms with Gasteiger partial charge in [-0.25, -0.2) is 0 Å². The molecule has 7 heteroatoms. The van der Waals surface area contributed by atoms with E-state index in [1.807, 2.05) is 0 Å². The van der Waals surface area contributed by atoms with Crippen LogP contribution < -0.4 is 0 Å². The molecule has 0 spiro atoms. The van der Waals surface area contributed by atoms with Gasteiger partial charge in [-0.05, 0) is 0 Å². The lowest BCUT2D eigenvalue weighted by atomic mass is 15.7. The molecule has 0 aromatic carbocycles. The molecule has 0 amide bonds. The molecule has 0 atom stereocenters. The van der Waals surface area contributed by atoms with Gasteiger partial charge in [-0.2, -0.15) is 0 Å². The first-order chi connectivity index (χ1) is 3.00. The number of halogens is 1. The minimum Gasteiger partial charge on any atom is -0.447 e. The Morgan fingerprint density at radius 2 is 1.00 bits per heavy atom. The zero-order chi connectivity index (χ0) is 6.50. The third kappa shape index (κ3) is 494. The molecule has 0 aliphatic rings. The van der Waals surface area contributed by atoms with Crippen LogP contribution in [0.2, 0.25) is 0 Å². The van der Waals surface area contributed by atoms with Gasteiger partial charge in [0, 0.05) is 0 Å².